The fourth-order valence-corrected chi connectivity index (χ4v) is 3.72. The zero-order chi connectivity index (χ0) is 11.4. The molecule has 0 amide bonds. The molecule has 1 N–H and O–H groups in total. The molecule has 4 rings (SSSR count). The Balaban J connectivity index is 1.83. The minimum absolute atomic E-state index is 0.700. The molecule has 1 aromatic carbocycles. The zero-order valence-electron chi connectivity index (χ0n) is 10.4. The van der Waals surface area contributed by atoms with Gasteiger partial charge < -0.3 is 5.32 Å². The van der Waals surface area contributed by atoms with Crippen LogP contribution in [0.15, 0.2) is 23.8 Å². The first-order valence-electron chi connectivity index (χ1n) is 6.89. The van der Waals surface area contributed by atoms with Crippen molar-refractivity contribution in [2.75, 3.05) is 6.54 Å². The summed E-state index contributed by atoms with van der Waals surface area (Å²) in [6.07, 6.45) is 5.31. The van der Waals surface area contributed by atoms with Crippen LogP contribution in [0.5, 0.6) is 0 Å². The molecule has 1 heterocycles. The molecule has 1 aliphatic heterocycles. The molecule has 1 heteroatoms. The van der Waals surface area contributed by atoms with Crippen LogP contribution in [-0.4, -0.2) is 12.6 Å². The highest BCUT2D eigenvalue weighted by molar-refractivity contribution is 5.80. The topological polar surface area (TPSA) is 12.0 Å². The second-order valence-corrected chi connectivity index (χ2v) is 5.81. The molecule has 0 bridgehead atoms. The lowest BCUT2D eigenvalue weighted by Crippen LogP contribution is -2.37. The van der Waals surface area contributed by atoms with E-state index in [4.69, 9.17) is 0 Å². The number of rotatable bonds is 1. The first kappa shape index (κ1) is 9.90. The fraction of sp³-hybridized carbons (Fsp3) is 0.500. The number of benzene rings is 1. The maximum atomic E-state index is 3.75. The molecular weight excluding hydrogens is 206 g/mol. The average Bonchev–Trinajstić information content (AvgIpc) is 3.09. The molecule has 1 fully saturated rings. The molecule has 0 spiro atoms. The molecular formula is C16H19N. The van der Waals surface area contributed by atoms with Crippen LogP contribution in [-0.2, 0) is 6.42 Å². The Hall–Kier alpha value is -1.08. The molecule has 3 aliphatic rings. The molecule has 1 aromatic rings. The van der Waals surface area contributed by atoms with Crippen molar-refractivity contribution in [1.82, 2.24) is 5.32 Å². The summed E-state index contributed by atoms with van der Waals surface area (Å²) in [7, 11) is 0. The fourth-order valence-electron chi connectivity index (χ4n) is 3.72. The molecule has 1 nitrogen and oxygen atoms in total. The van der Waals surface area contributed by atoms with E-state index in [-0.39, 0.29) is 0 Å². The zero-order valence-corrected chi connectivity index (χ0v) is 10.4. The van der Waals surface area contributed by atoms with Crippen LogP contribution >= 0.6 is 0 Å². The Morgan fingerprint density at radius 2 is 2.12 bits per heavy atom. The van der Waals surface area contributed by atoms with Crippen LogP contribution in [0.1, 0.15) is 36.0 Å². The molecule has 2 aliphatic carbocycles. The van der Waals surface area contributed by atoms with Crippen molar-refractivity contribution >= 4 is 5.57 Å². The third-order valence-corrected chi connectivity index (χ3v) is 4.64. The molecule has 1 atom stereocenters. The third-order valence-electron chi connectivity index (χ3n) is 4.64. The Morgan fingerprint density at radius 1 is 1.24 bits per heavy atom. The lowest BCUT2D eigenvalue weighted by atomic mass is 9.91. The van der Waals surface area contributed by atoms with E-state index in [0.717, 1.165) is 5.92 Å². The van der Waals surface area contributed by atoms with Gasteiger partial charge in [-0.1, -0.05) is 18.2 Å². The van der Waals surface area contributed by atoms with E-state index < -0.39 is 0 Å². The van der Waals surface area contributed by atoms with Gasteiger partial charge in [0.1, 0.15) is 0 Å². The molecule has 0 saturated heterocycles. The van der Waals surface area contributed by atoms with Gasteiger partial charge in [0.15, 0.2) is 0 Å². The molecule has 0 aromatic heterocycles. The Labute approximate surface area is 103 Å². The van der Waals surface area contributed by atoms with Crippen molar-refractivity contribution < 1.29 is 0 Å². The Kier molecular flexibility index (Phi) is 2.01. The predicted octanol–water partition coefficient (Wildman–Crippen LogP) is 3.08. The van der Waals surface area contributed by atoms with Crippen molar-refractivity contribution in [2.45, 2.75) is 38.6 Å². The van der Waals surface area contributed by atoms with E-state index in [2.05, 4.69) is 30.4 Å². The van der Waals surface area contributed by atoms with Crippen molar-refractivity contribution in [2.24, 2.45) is 5.92 Å². The van der Waals surface area contributed by atoms with Gasteiger partial charge in [-0.25, -0.2) is 0 Å². The summed E-state index contributed by atoms with van der Waals surface area (Å²) in [5.74, 6) is 0.940. The SMILES string of the molecule is Cc1cccc2c1C1=C(C2)C(C2CC2)NCC1. The standard InChI is InChI=1S/C16H19N/c1-10-3-2-4-12-9-14-13(15(10)12)7-8-17-16(14)11-5-6-11/h2-4,11,16-17H,5-9H2,1H3. The van der Waals surface area contributed by atoms with E-state index in [1.165, 1.54) is 37.8 Å². The Morgan fingerprint density at radius 3 is 2.94 bits per heavy atom. The predicted molar refractivity (Wildman–Crippen MR) is 70.9 cm³/mol. The highest BCUT2D eigenvalue weighted by Crippen LogP contribution is 2.46. The van der Waals surface area contributed by atoms with Crippen molar-refractivity contribution in [3.63, 3.8) is 0 Å². The van der Waals surface area contributed by atoms with E-state index in [9.17, 15) is 0 Å². The lowest BCUT2D eigenvalue weighted by molar-refractivity contribution is 0.503. The second-order valence-electron chi connectivity index (χ2n) is 5.81. The number of aryl methyl sites for hydroxylation is 1. The van der Waals surface area contributed by atoms with E-state index in [1.54, 1.807) is 22.3 Å². The van der Waals surface area contributed by atoms with Crippen molar-refractivity contribution in [1.29, 1.82) is 0 Å². The second kappa shape index (κ2) is 3.46. The van der Waals surface area contributed by atoms with Gasteiger partial charge in [-0.2, -0.15) is 0 Å². The molecule has 0 radical (unpaired) electrons. The summed E-state index contributed by atoms with van der Waals surface area (Å²) in [6.45, 7) is 3.44. The lowest BCUT2D eigenvalue weighted by Gasteiger charge is -2.27. The smallest absolute Gasteiger partial charge is 0.0317 e. The van der Waals surface area contributed by atoms with Crippen LogP contribution in [0.4, 0.5) is 0 Å². The maximum Gasteiger partial charge on any atom is 0.0317 e. The minimum atomic E-state index is 0.700. The minimum Gasteiger partial charge on any atom is -0.310 e. The summed E-state index contributed by atoms with van der Waals surface area (Å²) in [5.41, 5.74) is 8.06. The van der Waals surface area contributed by atoms with Gasteiger partial charge in [0.05, 0.1) is 0 Å². The van der Waals surface area contributed by atoms with Gasteiger partial charge >= 0.3 is 0 Å². The summed E-state index contributed by atoms with van der Waals surface area (Å²) in [6, 6.07) is 7.50. The van der Waals surface area contributed by atoms with Crippen LogP contribution in [0, 0.1) is 12.8 Å². The van der Waals surface area contributed by atoms with E-state index >= 15 is 0 Å². The van der Waals surface area contributed by atoms with Gasteiger partial charge in [0.2, 0.25) is 0 Å². The molecule has 1 unspecified atom stereocenters. The van der Waals surface area contributed by atoms with E-state index in [1.807, 2.05) is 0 Å². The van der Waals surface area contributed by atoms with Gasteiger partial charge in [0, 0.05) is 6.04 Å². The normalized spacial score (nSPS) is 27.0. The van der Waals surface area contributed by atoms with Crippen LogP contribution in [0.3, 0.4) is 0 Å². The van der Waals surface area contributed by atoms with Gasteiger partial charge in [-0.3, -0.25) is 0 Å². The van der Waals surface area contributed by atoms with Crippen LogP contribution in [0.25, 0.3) is 5.57 Å². The molecule has 88 valence electrons. The van der Waals surface area contributed by atoms with E-state index in [0.29, 0.717) is 6.04 Å². The largest absolute Gasteiger partial charge is 0.310 e. The van der Waals surface area contributed by atoms with Crippen molar-refractivity contribution in [3.05, 3.63) is 40.5 Å². The Bertz CT molecular complexity index is 508. The van der Waals surface area contributed by atoms with Crippen LogP contribution in [0.2, 0.25) is 0 Å². The number of hydrogen-bond donors (Lipinski definition) is 1. The first-order valence-corrected chi connectivity index (χ1v) is 6.89. The van der Waals surface area contributed by atoms with Gasteiger partial charge in [0.25, 0.3) is 0 Å². The van der Waals surface area contributed by atoms with Crippen LogP contribution < -0.4 is 5.32 Å². The maximum absolute atomic E-state index is 3.75. The summed E-state index contributed by atoms with van der Waals surface area (Å²) >= 11 is 0. The number of hydrogen-bond acceptors (Lipinski definition) is 1. The molecule has 1 saturated carbocycles. The summed E-state index contributed by atoms with van der Waals surface area (Å²) in [4.78, 5) is 0. The quantitative estimate of drug-likeness (QED) is 0.774. The first-order chi connectivity index (χ1) is 8.34. The van der Waals surface area contributed by atoms with Gasteiger partial charge in [-0.15, -0.1) is 0 Å². The number of nitrogens with one attached hydrogen (secondary N) is 1. The summed E-state index contributed by atoms with van der Waals surface area (Å²) in [5, 5.41) is 3.75. The average molecular weight is 225 g/mol. The molecule has 17 heavy (non-hydrogen) atoms. The highest BCUT2D eigenvalue weighted by atomic mass is 14.9. The van der Waals surface area contributed by atoms with Crippen molar-refractivity contribution in [3.8, 4) is 0 Å². The number of fused-ring (bicyclic) bond motifs is 2. The highest BCUT2D eigenvalue weighted by Gasteiger charge is 2.39. The van der Waals surface area contributed by atoms with Gasteiger partial charge in [-0.05, 0) is 72.9 Å². The third kappa shape index (κ3) is 1.42. The monoisotopic (exact) mass is 225 g/mol. The summed E-state index contributed by atoms with van der Waals surface area (Å²) < 4.78 is 0.